The van der Waals surface area contributed by atoms with Crippen LogP contribution < -0.4 is 19.6 Å². The van der Waals surface area contributed by atoms with Crippen molar-refractivity contribution in [1.82, 2.24) is 9.13 Å². The lowest BCUT2D eigenvalue weighted by atomic mass is 9.96. The predicted molar refractivity (Wildman–Crippen MR) is 157 cm³/mol. The molecule has 1 aliphatic heterocycles. The van der Waals surface area contributed by atoms with Crippen molar-refractivity contribution in [2.45, 2.75) is 40.3 Å². The second-order valence-corrected chi connectivity index (χ2v) is 10.3. The number of esters is 2. The smallest absolute Gasteiger partial charge is 0.338 e. The van der Waals surface area contributed by atoms with Gasteiger partial charge in [0, 0.05) is 22.7 Å². The number of thiazole rings is 1. The second-order valence-electron chi connectivity index (χ2n) is 9.34. The van der Waals surface area contributed by atoms with E-state index in [0.717, 1.165) is 22.0 Å². The molecule has 41 heavy (non-hydrogen) atoms. The van der Waals surface area contributed by atoms with Crippen molar-refractivity contribution in [3.8, 4) is 5.75 Å². The highest BCUT2D eigenvalue weighted by Crippen LogP contribution is 2.31. The minimum absolute atomic E-state index is 0.0588. The van der Waals surface area contributed by atoms with E-state index in [0.29, 0.717) is 39.6 Å². The first-order chi connectivity index (χ1) is 19.9. The molecule has 5 rings (SSSR count). The molecule has 0 aliphatic carbocycles. The average molecular weight is 574 g/mol. The van der Waals surface area contributed by atoms with Gasteiger partial charge in [0.15, 0.2) is 4.80 Å². The fraction of sp³-hybridized carbons (Fsp3) is 0.290. The van der Waals surface area contributed by atoms with E-state index in [1.807, 2.05) is 72.3 Å². The van der Waals surface area contributed by atoms with Crippen LogP contribution in [-0.2, 0) is 25.6 Å². The maximum atomic E-state index is 14.0. The number of hydrogen-bond donors (Lipinski definition) is 0. The van der Waals surface area contributed by atoms with Crippen LogP contribution in [0.4, 0.5) is 0 Å². The maximum Gasteiger partial charge on any atom is 0.338 e. The van der Waals surface area contributed by atoms with Crippen LogP contribution in [-0.4, -0.2) is 40.9 Å². The second kappa shape index (κ2) is 12.0. The lowest BCUT2D eigenvalue weighted by molar-refractivity contribution is -0.143. The van der Waals surface area contributed by atoms with Gasteiger partial charge in [0.2, 0.25) is 0 Å². The standard InChI is InChI=1S/C31H31N3O6S/c1-5-38-22-14-12-20(13-15-22)28-27(30(37)40-7-3)19(4)32-31-34(28)29(36)25(41-31)16-21-17-33(18-26(35)39-6-2)24-11-9-8-10-23(21)24/h8-17,28H,5-7,18H2,1-4H3/b25-16-/t28-/m1/s1. The molecule has 0 bridgehead atoms. The van der Waals surface area contributed by atoms with Gasteiger partial charge in [-0.3, -0.25) is 14.2 Å². The summed E-state index contributed by atoms with van der Waals surface area (Å²) in [6.45, 7) is 8.26. The van der Waals surface area contributed by atoms with Gasteiger partial charge < -0.3 is 18.8 Å². The molecule has 0 radical (unpaired) electrons. The van der Waals surface area contributed by atoms with Crippen molar-refractivity contribution in [1.29, 1.82) is 0 Å². The van der Waals surface area contributed by atoms with Gasteiger partial charge in [0.25, 0.3) is 5.56 Å². The van der Waals surface area contributed by atoms with Gasteiger partial charge >= 0.3 is 11.9 Å². The van der Waals surface area contributed by atoms with E-state index < -0.39 is 12.0 Å². The predicted octanol–water partition coefficient (Wildman–Crippen LogP) is 3.71. The molecule has 0 fully saturated rings. The molecule has 212 valence electrons. The fourth-order valence-electron chi connectivity index (χ4n) is 5.03. The van der Waals surface area contributed by atoms with E-state index >= 15 is 0 Å². The van der Waals surface area contributed by atoms with Crippen LogP contribution in [0.15, 0.2) is 75.8 Å². The molecular formula is C31H31N3O6S. The summed E-state index contributed by atoms with van der Waals surface area (Å²) in [4.78, 5) is 44.5. The van der Waals surface area contributed by atoms with Gasteiger partial charge in [-0.2, -0.15) is 0 Å². The van der Waals surface area contributed by atoms with Gasteiger partial charge in [0.05, 0.1) is 41.7 Å². The number of allylic oxidation sites excluding steroid dienone is 1. The molecule has 0 spiro atoms. The average Bonchev–Trinajstić information content (AvgIpc) is 3.45. The van der Waals surface area contributed by atoms with Crippen LogP contribution in [0, 0.1) is 0 Å². The van der Waals surface area contributed by atoms with E-state index in [-0.39, 0.29) is 24.7 Å². The quantitative estimate of drug-likeness (QED) is 0.283. The number of carbonyl (C=O) groups excluding carboxylic acids is 2. The summed E-state index contributed by atoms with van der Waals surface area (Å²) in [7, 11) is 0. The maximum absolute atomic E-state index is 14.0. The van der Waals surface area contributed by atoms with Crippen LogP contribution >= 0.6 is 11.3 Å². The Balaban J connectivity index is 1.67. The van der Waals surface area contributed by atoms with Crippen molar-refractivity contribution < 1.29 is 23.8 Å². The van der Waals surface area contributed by atoms with E-state index in [1.165, 1.54) is 11.3 Å². The Bertz CT molecular complexity index is 1830. The number of para-hydroxylation sites is 1. The molecular weight excluding hydrogens is 542 g/mol. The van der Waals surface area contributed by atoms with Gasteiger partial charge in [-0.1, -0.05) is 41.7 Å². The van der Waals surface area contributed by atoms with Gasteiger partial charge in [-0.15, -0.1) is 0 Å². The molecule has 9 nitrogen and oxygen atoms in total. The summed E-state index contributed by atoms with van der Waals surface area (Å²) in [6, 6.07) is 14.3. The number of fused-ring (bicyclic) bond motifs is 2. The summed E-state index contributed by atoms with van der Waals surface area (Å²) in [6.07, 6.45) is 3.66. The Hall–Kier alpha value is -4.44. The van der Waals surface area contributed by atoms with Crippen LogP contribution in [0.1, 0.15) is 44.9 Å². The summed E-state index contributed by atoms with van der Waals surface area (Å²) in [5.41, 5.74) is 2.93. The van der Waals surface area contributed by atoms with E-state index in [1.54, 1.807) is 25.3 Å². The molecule has 2 aromatic heterocycles. The topological polar surface area (TPSA) is 101 Å². The summed E-state index contributed by atoms with van der Waals surface area (Å²) in [5.74, 6) is -0.151. The SMILES string of the molecule is CCOC(=O)Cn1cc(/C=c2\sc3n(c2=O)[C@H](c2ccc(OCC)cc2)C(C(=O)OCC)=C(C)N=3)c2ccccc21. The molecule has 0 saturated heterocycles. The number of carbonyl (C=O) groups is 2. The monoisotopic (exact) mass is 573 g/mol. The third-order valence-electron chi connectivity index (χ3n) is 6.73. The number of rotatable bonds is 9. The molecule has 4 aromatic rings. The normalized spacial score (nSPS) is 15.0. The van der Waals surface area contributed by atoms with Crippen LogP contribution in [0.25, 0.3) is 17.0 Å². The zero-order valence-electron chi connectivity index (χ0n) is 23.4. The first-order valence-electron chi connectivity index (χ1n) is 13.5. The summed E-state index contributed by atoms with van der Waals surface area (Å²) in [5, 5.41) is 0.897. The molecule has 0 unspecified atom stereocenters. The third kappa shape index (κ3) is 5.47. The number of benzene rings is 2. The number of hydrogen-bond acceptors (Lipinski definition) is 8. The zero-order chi connectivity index (χ0) is 29.1. The van der Waals surface area contributed by atoms with Gasteiger partial charge in [-0.05, 0) is 57.5 Å². The summed E-state index contributed by atoms with van der Waals surface area (Å²) >= 11 is 1.25. The number of aromatic nitrogens is 2. The highest BCUT2D eigenvalue weighted by atomic mass is 32.1. The third-order valence-corrected chi connectivity index (χ3v) is 7.72. The minimum atomic E-state index is -0.715. The lowest BCUT2D eigenvalue weighted by Crippen LogP contribution is -2.39. The minimum Gasteiger partial charge on any atom is -0.494 e. The van der Waals surface area contributed by atoms with Crippen molar-refractivity contribution in [2.24, 2.45) is 4.99 Å². The van der Waals surface area contributed by atoms with E-state index in [4.69, 9.17) is 14.2 Å². The molecule has 0 saturated carbocycles. The molecule has 1 atom stereocenters. The molecule has 2 aromatic carbocycles. The van der Waals surface area contributed by atoms with Crippen molar-refractivity contribution in [3.05, 3.63) is 96.8 Å². The Morgan fingerprint density at radius 2 is 1.73 bits per heavy atom. The highest BCUT2D eigenvalue weighted by Gasteiger charge is 2.33. The Morgan fingerprint density at radius 3 is 2.44 bits per heavy atom. The van der Waals surface area contributed by atoms with Crippen LogP contribution in [0.3, 0.4) is 0 Å². The largest absolute Gasteiger partial charge is 0.494 e. The number of nitrogens with zero attached hydrogens (tertiary/aromatic N) is 3. The fourth-order valence-corrected chi connectivity index (χ4v) is 6.07. The Morgan fingerprint density at radius 1 is 1.00 bits per heavy atom. The Labute approximate surface area is 240 Å². The van der Waals surface area contributed by atoms with Gasteiger partial charge in [0.1, 0.15) is 12.3 Å². The number of ether oxygens (including phenoxy) is 3. The first-order valence-corrected chi connectivity index (χ1v) is 14.3. The molecule has 0 amide bonds. The van der Waals surface area contributed by atoms with Gasteiger partial charge in [-0.25, -0.2) is 9.79 Å². The summed E-state index contributed by atoms with van der Waals surface area (Å²) < 4.78 is 20.0. The van der Waals surface area contributed by atoms with Crippen molar-refractivity contribution >= 4 is 40.3 Å². The molecule has 3 heterocycles. The van der Waals surface area contributed by atoms with Crippen LogP contribution in [0.5, 0.6) is 5.75 Å². The zero-order valence-corrected chi connectivity index (χ0v) is 24.2. The first kappa shape index (κ1) is 28.1. The highest BCUT2D eigenvalue weighted by molar-refractivity contribution is 7.07. The lowest BCUT2D eigenvalue weighted by Gasteiger charge is -2.24. The van der Waals surface area contributed by atoms with Crippen molar-refractivity contribution in [3.63, 3.8) is 0 Å². The molecule has 1 aliphatic rings. The Kier molecular flexibility index (Phi) is 8.21. The van der Waals surface area contributed by atoms with E-state index in [2.05, 4.69) is 4.99 Å². The van der Waals surface area contributed by atoms with Crippen LogP contribution in [0.2, 0.25) is 0 Å². The van der Waals surface area contributed by atoms with Crippen molar-refractivity contribution in [2.75, 3.05) is 19.8 Å². The molecule has 0 N–H and O–H groups in total. The van der Waals surface area contributed by atoms with E-state index in [9.17, 15) is 14.4 Å². The molecule has 10 heteroatoms.